The number of furan rings is 1. The second-order valence-electron chi connectivity index (χ2n) is 4.90. The second kappa shape index (κ2) is 5.07. The van der Waals surface area contributed by atoms with Gasteiger partial charge >= 0.3 is 5.97 Å². The summed E-state index contributed by atoms with van der Waals surface area (Å²) in [6, 6.07) is 4.59. The molecular formula is C16H12N2O4. The zero-order valence-electron chi connectivity index (χ0n) is 11.7. The van der Waals surface area contributed by atoms with Crippen LogP contribution in [0.2, 0.25) is 0 Å². The number of carboxylic acids is 1. The quantitative estimate of drug-likeness (QED) is 0.874. The van der Waals surface area contributed by atoms with Gasteiger partial charge in [-0.05, 0) is 42.8 Å². The van der Waals surface area contributed by atoms with Gasteiger partial charge in [0.25, 0.3) is 0 Å². The van der Waals surface area contributed by atoms with Crippen LogP contribution >= 0.6 is 0 Å². The highest BCUT2D eigenvalue weighted by Crippen LogP contribution is 2.34. The lowest BCUT2D eigenvalue weighted by molar-refractivity contribution is 0.0696. The molecule has 1 atom stereocenters. The third-order valence-electron chi connectivity index (χ3n) is 3.52. The molecule has 22 heavy (non-hydrogen) atoms. The van der Waals surface area contributed by atoms with Crippen LogP contribution in [0.25, 0.3) is 0 Å². The van der Waals surface area contributed by atoms with Crippen molar-refractivity contribution in [3.05, 3.63) is 65.4 Å². The van der Waals surface area contributed by atoms with E-state index < -0.39 is 11.5 Å². The third kappa shape index (κ3) is 2.05. The molecular weight excluding hydrogens is 284 g/mol. The number of carboxylic acid groups (broad SMARTS) is 1. The van der Waals surface area contributed by atoms with E-state index in [1.165, 1.54) is 30.8 Å². The number of ketones is 1. The Kier molecular flexibility index (Phi) is 3.21. The number of hydrogen-bond donors (Lipinski definition) is 1. The van der Waals surface area contributed by atoms with E-state index in [0.717, 1.165) is 0 Å². The lowest BCUT2D eigenvalue weighted by atomic mass is 9.88. The van der Waals surface area contributed by atoms with Crippen LogP contribution in [0.15, 0.2) is 52.2 Å². The maximum Gasteiger partial charge on any atom is 0.337 e. The van der Waals surface area contributed by atoms with Crippen molar-refractivity contribution in [1.82, 2.24) is 4.98 Å². The van der Waals surface area contributed by atoms with Crippen molar-refractivity contribution in [2.45, 2.75) is 12.5 Å². The van der Waals surface area contributed by atoms with E-state index in [1.807, 2.05) is 0 Å². The molecule has 0 radical (unpaired) electrons. The summed E-state index contributed by atoms with van der Waals surface area (Å²) < 4.78 is 5.27. The minimum absolute atomic E-state index is 0.0477. The van der Waals surface area contributed by atoms with Gasteiger partial charge in [0.05, 0.1) is 17.5 Å². The summed E-state index contributed by atoms with van der Waals surface area (Å²) >= 11 is 0. The van der Waals surface area contributed by atoms with Gasteiger partial charge in [-0.2, -0.15) is 0 Å². The predicted octanol–water partition coefficient (Wildman–Crippen LogP) is 2.40. The van der Waals surface area contributed by atoms with Crippen molar-refractivity contribution >= 4 is 18.0 Å². The van der Waals surface area contributed by atoms with Crippen LogP contribution in [0.1, 0.15) is 32.2 Å². The van der Waals surface area contributed by atoms with Crippen LogP contribution in [0, 0.1) is 6.92 Å². The Hall–Kier alpha value is -3.02. The van der Waals surface area contributed by atoms with Gasteiger partial charge in [0.1, 0.15) is 0 Å². The first-order valence-corrected chi connectivity index (χ1v) is 6.56. The smallest absolute Gasteiger partial charge is 0.337 e. The summed E-state index contributed by atoms with van der Waals surface area (Å²) in [7, 11) is 0. The van der Waals surface area contributed by atoms with Gasteiger partial charge in [0.15, 0.2) is 11.3 Å². The van der Waals surface area contributed by atoms with Gasteiger partial charge in [-0.25, -0.2) is 4.79 Å². The fourth-order valence-corrected chi connectivity index (χ4v) is 2.31. The summed E-state index contributed by atoms with van der Waals surface area (Å²) in [5.74, 6) is -1.20. The first-order chi connectivity index (χ1) is 10.5. The molecule has 0 bridgehead atoms. The minimum atomic E-state index is -1.31. The predicted molar refractivity (Wildman–Crippen MR) is 78.3 cm³/mol. The number of aliphatic imine (C=N–C) groups is 1. The zero-order chi connectivity index (χ0) is 15.7. The van der Waals surface area contributed by atoms with E-state index in [9.17, 15) is 9.59 Å². The molecule has 0 aromatic carbocycles. The number of carbonyl (C=O) groups is 2. The highest BCUT2D eigenvalue weighted by molar-refractivity contribution is 6.06. The molecule has 6 heteroatoms. The number of aryl methyl sites for hydroxylation is 1. The Morgan fingerprint density at radius 1 is 1.27 bits per heavy atom. The molecule has 0 amide bonds. The summed E-state index contributed by atoms with van der Waals surface area (Å²) in [5, 5.41) is 8.94. The van der Waals surface area contributed by atoms with Crippen LogP contribution in [-0.2, 0) is 5.54 Å². The monoisotopic (exact) mass is 296 g/mol. The van der Waals surface area contributed by atoms with Gasteiger partial charge in [-0.15, -0.1) is 0 Å². The van der Waals surface area contributed by atoms with Crippen LogP contribution < -0.4 is 0 Å². The van der Waals surface area contributed by atoms with Crippen LogP contribution in [0.5, 0.6) is 0 Å². The Morgan fingerprint density at radius 2 is 2.09 bits per heavy atom. The molecule has 3 rings (SSSR count). The van der Waals surface area contributed by atoms with Crippen molar-refractivity contribution in [3.63, 3.8) is 0 Å². The number of aromatic nitrogens is 1. The normalized spacial score (nSPS) is 19.5. The number of Topliss-reactive ketones (excluding diaryl/α,β-unsaturated/α-hetero) is 1. The highest BCUT2D eigenvalue weighted by atomic mass is 16.4. The molecule has 1 aliphatic heterocycles. The third-order valence-corrected chi connectivity index (χ3v) is 3.52. The molecule has 0 aliphatic carbocycles. The molecule has 110 valence electrons. The standard InChI is InChI=1S/C16H12N2O4/c1-10-5-8-22-13(10)14(19)16(6-2-7-18-16)12-4-3-11(9-17-12)15(20)21/h2-9H,1H3,(H,20,21). The van der Waals surface area contributed by atoms with Crippen molar-refractivity contribution in [3.8, 4) is 0 Å². The van der Waals surface area contributed by atoms with Gasteiger partial charge in [0, 0.05) is 12.4 Å². The van der Waals surface area contributed by atoms with E-state index in [4.69, 9.17) is 9.52 Å². The molecule has 0 saturated heterocycles. The number of aromatic carboxylic acids is 1. The first kappa shape index (κ1) is 13.9. The SMILES string of the molecule is Cc1ccoc1C(=O)C1(c2ccc(C(=O)O)cn2)C=CC=N1. The number of pyridine rings is 1. The van der Waals surface area contributed by atoms with E-state index >= 15 is 0 Å². The molecule has 6 nitrogen and oxygen atoms in total. The summed E-state index contributed by atoms with van der Waals surface area (Å²) in [4.78, 5) is 32.1. The average molecular weight is 296 g/mol. The molecule has 1 N–H and O–H groups in total. The lowest BCUT2D eigenvalue weighted by Crippen LogP contribution is -2.32. The van der Waals surface area contributed by atoms with Crippen molar-refractivity contribution in [2.24, 2.45) is 4.99 Å². The van der Waals surface area contributed by atoms with Crippen LogP contribution in [0.3, 0.4) is 0 Å². The number of rotatable bonds is 4. The van der Waals surface area contributed by atoms with Crippen molar-refractivity contribution < 1.29 is 19.1 Å². The van der Waals surface area contributed by atoms with E-state index in [-0.39, 0.29) is 17.1 Å². The second-order valence-corrected chi connectivity index (χ2v) is 4.90. The number of allylic oxidation sites excluding steroid dienone is 1. The van der Waals surface area contributed by atoms with E-state index in [2.05, 4.69) is 9.98 Å². The molecule has 0 saturated carbocycles. The molecule has 0 spiro atoms. The average Bonchev–Trinajstić information content (AvgIpc) is 3.16. The Balaban J connectivity index is 2.08. The molecule has 2 aromatic heterocycles. The van der Waals surface area contributed by atoms with Gasteiger partial charge < -0.3 is 9.52 Å². The van der Waals surface area contributed by atoms with E-state index in [1.54, 1.807) is 25.1 Å². The summed E-state index contributed by atoms with van der Waals surface area (Å²) in [5.41, 5.74) is -0.198. The fourth-order valence-electron chi connectivity index (χ4n) is 2.31. The van der Waals surface area contributed by atoms with Crippen LogP contribution in [0.4, 0.5) is 0 Å². The van der Waals surface area contributed by atoms with Crippen molar-refractivity contribution in [2.75, 3.05) is 0 Å². The van der Waals surface area contributed by atoms with Crippen LogP contribution in [-0.4, -0.2) is 28.1 Å². The lowest BCUT2D eigenvalue weighted by Gasteiger charge is -2.21. The zero-order valence-corrected chi connectivity index (χ0v) is 11.7. The van der Waals surface area contributed by atoms with E-state index in [0.29, 0.717) is 11.3 Å². The van der Waals surface area contributed by atoms with Gasteiger partial charge in [0.2, 0.25) is 5.78 Å². The number of nitrogens with zero attached hydrogens (tertiary/aromatic N) is 2. The summed E-state index contributed by atoms with van der Waals surface area (Å²) in [6.45, 7) is 1.77. The van der Waals surface area contributed by atoms with Gasteiger partial charge in [-0.1, -0.05) is 0 Å². The van der Waals surface area contributed by atoms with Crippen molar-refractivity contribution in [1.29, 1.82) is 0 Å². The maximum absolute atomic E-state index is 12.9. The Morgan fingerprint density at radius 3 is 2.59 bits per heavy atom. The maximum atomic E-state index is 12.9. The first-order valence-electron chi connectivity index (χ1n) is 6.56. The Labute approximate surface area is 125 Å². The molecule has 2 aromatic rings. The van der Waals surface area contributed by atoms with Gasteiger partial charge in [-0.3, -0.25) is 14.8 Å². The summed E-state index contributed by atoms with van der Waals surface area (Å²) in [6.07, 6.45) is 7.45. The molecule has 1 aliphatic rings. The molecule has 3 heterocycles. The minimum Gasteiger partial charge on any atom is -0.478 e. The Bertz CT molecular complexity index is 788. The topological polar surface area (TPSA) is 92.8 Å². The molecule has 0 fully saturated rings. The largest absolute Gasteiger partial charge is 0.478 e. The molecule has 1 unspecified atom stereocenters. The highest BCUT2D eigenvalue weighted by Gasteiger charge is 2.42. The number of carbonyl (C=O) groups excluding carboxylic acids is 1. The number of hydrogen-bond acceptors (Lipinski definition) is 5. The fraction of sp³-hybridized carbons (Fsp3) is 0.125.